The van der Waals surface area contributed by atoms with E-state index in [1.165, 1.54) is 11.0 Å². The summed E-state index contributed by atoms with van der Waals surface area (Å²) in [6, 6.07) is 13.6. The second kappa shape index (κ2) is 9.44. The Morgan fingerprint density at radius 2 is 1.94 bits per heavy atom. The van der Waals surface area contributed by atoms with Crippen LogP contribution in [0.4, 0.5) is 0 Å². The standard InChI is InChI=1S/C23H20ClNO6.CH4/c1-13(22(27)25-9-8-14(12-25)23(28)29)30-15-6-7-17-18(11-21(26)31-20(17)10-15)16-4-2-3-5-19(16)24;/h2-7,10-11,13-14H,8-9,12H2,1H3,(H,28,29);1H4/t13-,14+;/m1./s1. The maximum atomic E-state index is 12.6. The van der Waals surface area contributed by atoms with Crippen LogP contribution in [0.1, 0.15) is 20.8 Å². The molecule has 1 fully saturated rings. The van der Waals surface area contributed by atoms with Gasteiger partial charge in [0.1, 0.15) is 11.3 Å². The Morgan fingerprint density at radius 3 is 2.62 bits per heavy atom. The van der Waals surface area contributed by atoms with Crippen molar-refractivity contribution in [3.05, 3.63) is 64.0 Å². The number of aliphatic carboxylic acids is 1. The first-order valence-corrected chi connectivity index (χ1v) is 10.2. The quantitative estimate of drug-likeness (QED) is 0.568. The molecule has 0 radical (unpaired) electrons. The van der Waals surface area contributed by atoms with Crippen LogP contribution in [0.5, 0.6) is 5.75 Å². The highest BCUT2D eigenvalue weighted by Crippen LogP contribution is 2.34. The summed E-state index contributed by atoms with van der Waals surface area (Å²) in [4.78, 5) is 37.4. The number of nitrogens with zero attached hydrogens (tertiary/aromatic N) is 1. The van der Waals surface area contributed by atoms with E-state index in [1.807, 2.05) is 18.2 Å². The second-order valence-electron chi connectivity index (χ2n) is 7.49. The number of fused-ring (bicyclic) bond motifs is 1. The van der Waals surface area contributed by atoms with Gasteiger partial charge in [0.15, 0.2) is 6.10 Å². The van der Waals surface area contributed by atoms with Crippen molar-refractivity contribution in [3.8, 4) is 16.9 Å². The van der Waals surface area contributed by atoms with Crippen molar-refractivity contribution in [3.63, 3.8) is 0 Å². The van der Waals surface area contributed by atoms with Gasteiger partial charge in [-0.1, -0.05) is 37.2 Å². The molecule has 0 spiro atoms. The summed E-state index contributed by atoms with van der Waals surface area (Å²) in [5.41, 5.74) is 1.14. The molecule has 0 saturated carbocycles. The van der Waals surface area contributed by atoms with Gasteiger partial charge in [0.05, 0.1) is 5.92 Å². The molecule has 0 unspecified atom stereocenters. The third-order valence-electron chi connectivity index (χ3n) is 5.39. The van der Waals surface area contributed by atoms with Gasteiger partial charge in [-0.05, 0) is 31.5 Å². The fraction of sp³-hybridized carbons (Fsp3) is 0.292. The average molecular weight is 458 g/mol. The fourth-order valence-corrected chi connectivity index (χ4v) is 4.03. The number of ether oxygens (including phenoxy) is 1. The van der Waals surface area contributed by atoms with Gasteiger partial charge in [-0.3, -0.25) is 9.59 Å². The van der Waals surface area contributed by atoms with E-state index in [-0.39, 0.29) is 19.9 Å². The maximum absolute atomic E-state index is 12.6. The molecule has 8 heteroatoms. The molecule has 1 aromatic heterocycles. The number of hydrogen-bond donors (Lipinski definition) is 1. The van der Waals surface area contributed by atoms with Gasteiger partial charge < -0.3 is 19.2 Å². The average Bonchev–Trinajstić information content (AvgIpc) is 3.23. The summed E-state index contributed by atoms with van der Waals surface area (Å²) in [6.07, 6.45) is -0.386. The number of carboxylic acid groups (broad SMARTS) is 1. The van der Waals surface area contributed by atoms with Crippen molar-refractivity contribution < 1.29 is 23.8 Å². The van der Waals surface area contributed by atoms with Crippen molar-refractivity contribution >= 4 is 34.4 Å². The fourth-order valence-electron chi connectivity index (χ4n) is 3.79. The van der Waals surface area contributed by atoms with Gasteiger partial charge in [0.2, 0.25) is 0 Å². The van der Waals surface area contributed by atoms with Crippen LogP contribution in [0.15, 0.2) is 57.7 Å². The summed E-state index contributed by atoms with van der Waals surface area (Å²) >= 11 is 6.30. The first-order valence-electron chi connectivity index (χ1n) is 9.84. The van der Waals surface area contributed by atoms with E-state index in [0.29, 0.717) is 45.8 Å². The zero-order valence-corrected chi connectivity index (χ0v) is 17.5. The molecule has 0 bridgehead atoms. The molecule has 2 heterocycles. The van der Waals surface area contributed by atoms with Crippen molar-refractivity contribution in [2.24, 2.45) is 5.92 Å². The topological polar surface area (TPSA) is 97.0 Å². The lowest BCUT2D eigenvalue weighted by atomic mass is 10.0. The molecule has 168 valence electrons. The smallest absolute Gasteiger partial charge is 0.336 e. The summed E-state index contributed by atoms with van der Waals surface area (Å²) in [7, 11) is 0. The predicted molar refractivity (Wildman–Crippen MR) is 122 cm³/mol. The van der Waals surface area contributed by atoms with Crippen LogP contribution in [0.2, 0.25) is 5.02 Å². The number of carbonyl (C=O) groups is 2. The molecule has 1 aliphatic rings. The van der Waals surface area contributed by atoms with Gasteiger partial charge in [0, 0.05) is 46.8 Å². The van der Waals surface area contributed by atoms with Crippen molar-refractivity contribution in [1.29, 1.82) is 0 Å². The van der Waals surface area contributed by atoms with Gasteiger partial charge in [-0.15, -0.1) is 0 Å². The highest BCUT2D eigenvalue weighted by atomic mass is 35.5. The molecule has 1 aliphatic heterocycles. The zero-order valence-electron chi connectivity index (χ0n) is 16.7. The third kappa shape index (κ3) is 4.62. The molecule has 1 saturated heterocycles. The Bertz CT molecular complexity index is 1220. The number of benzene rings is 2. The van der Waals surface area contributed by atoms with Crippen molar-refractivity contribution in [2.45, 2.75) is 26.9 Å². The first-order chi connectivity index (χ1) is 14.8. The summed E-state index contributed by atoms with van der Waals surface area (Å²) in [6.45, 7) is 2.17. The maximum Gasteiger partial charge on any atom is 0.336 e. The molecular formula is C24H24ClNO6. The molecule has 3 aromatic rings. The van der Waals surface area contributed by atoms with E-state index in [9.17, 15) is 14.4 Å². The van der Waals surface area contributed by atoms with Gasteiger partial charge in [-0.2, -0.15) is 0 Å². The Morgan fingerprint density at radius 1 is 1.19 bits per heavy atom. The molecule has 32 heavy (non-hydrogen) atoms. The van der Waals surface area contributed by atoms with E-state index < -0.39 is 23.6 Å². The van der Waals surface area contributed by atoms with E-state index in [2.05, 4.69) is 0 Å². The monoisotopic (exact) mass is 457 g/mol. The van der Waals surface area contributed by atoms with Gasteiger partial charge in [-0.25, -0.2) is 4.79 Å². The summed E-state index contributed by atoms with van der Waals surface area (Å²) in [5, 5.41) is 10.3. The first kappa shape index (κ1) is 23.3. The number of carbonyl (C=O) groups excluding carboxylic acids is 1. The highest BCUT2D eigenvalue weighted by molar-refractivity contribution is 6.33. The number of hydrogen-bond acceptors (Lipinski definition) is 5. The van der Waals surface area contributed by atoms with Crippen LogP contribution in [-0.2, 0) is 9.59 Å². The minimum absolute atomic E-state index is 0. The van der Waals surface area contributed by atoms with Crippen LogP contribution in [-0.4, -0.2) is 41.1 Å². The van der Waals surface area contributed by atoms with E-state index >= 15 is 0 Å². The SMILES string of the molecule is C.C[C@@H](Oc1ccc2c(-c3ccccc3Cl)cc(=O)oc2c1)C(=O)N1CC[C@H](C(=O)O)C1. The van der Waals surface area contributed by atoms with Crippen LogP contribution in [0.25, 0.3) is 22.1 Å². The lowest BCUT2D eigenvalue weighted by molar-refractivity contribution is -0.142. The largest absolute Gasteiger partial charge is 0.481 e. The van der Waals surface area contributed by atoms with E-state index in [4.69, 9.17) is 25.9 Å². The molecule has 2 aromatic carbocycles. The zero-order chi connectivity index (χ0) is 22.1. The van der Waals surface area contributed by atoms with E-state index in [1.54, 1.807) is 31.2 Å². The summed E-state index contributed by atoms with van der Waals surface area (Å²) < 4.78 is 11.1. The second-order valence-corrected chi connectivity index (χ2v) is 7.89. The number of likely N-dealkylation sites (tertiary alicyclic amines) is 1. The molecule has 0 aliphatic carbocycles. The minimum atomic E-state index is -0.900. The number of carboxylic acids is 1. The Labute approximate surface area is 190 Å². The van der Waals surface area contributed by atoms with Crippen LogP contribution in [0.3, 0.4) is 0 Å². The number of rotatable bonds is 5. The Hall–Kier alpha value is -3.32. The lowest BCUT2D eigenvalue weighted by Gasteiger charge is -2.21. The van der Waals surface area contributed by atoms with Crippen molar-refractivity contribution in [2.75, 3.05) is 13.1 Å². The number of amides is 1. The molecule has 1 amide bonds. The normalized spacial score (nSPS) is 16.4. The molecule has 2 atom stereocenters. The molecular weight excluding hydrogens is 434 g/mol. The molecule has 7 nitrogen and oxygen atoms in total. The molecule has 4 rings (SSSR count). The van der Waals surface area contributed by atoms with Crippen LogP contribution in [0, 0.1) is 5.92 Å². The van der Waals surface area contributed by atoms with E-state index in [0.717, 1.165) is 0 Å². The van der Waals surface area contributed by atoms with Crippen molar-refractivity contribution in [1.82, 2.24) is 4.90 Å². The molecule has 1 N–H and O–H groups in total. The van der Waals surface area contributed by atoms with Gasteiger partial charge >= 0.3 is 11.6 Å². The minimum Gasteiger partial charge on any atom is -0.481 e. The Balaban J connectivity index is 0.00000289. The van der Waals surface area contributed by atoms with Gasteiger partial charge in [0.25, 0.3) is 5.91 Å². The van der Waals surface area contributed by atoms with Crippen LogP contribution >= 0.6 is 11.6 Å². The highest BCUT2D eigenvalue weighted by Gasteiger charge is 2.33. The van der Waals surface area contributed by atoms with Crippen LogP contribution < -0.4 is 10.4 Å². The summed E-state index contributed by atoms with van der Waals surface area (Å²) in [5.74, 6) is -1.37. The third-order valence-corrected chi connectivity index (χ3v) is 5.72. The lowest BCUT2D eigenvalue weighted by Crippen LogP contribution is -2.39. The predicted octanol–water partition coefficient (Wildman–Crippen LogP) is 4.45. The number of halogens is 1. The Kier molecular flexibility index (Phi) is 6.89.